The Bertz CT molecular complexity index is 395. The first-order valence-electron chi connectivity index (χ1n) is 6.32. The Balaban J connectivity index is 2.45. The van der Waals surface area contributed by atoms with E-state index in [-0.39, 0.29) is 0 Å². The van der Waals surface area contributed by atoms with Crippen molar-refractivity contribution < 1.29 is 19.3 Å². The van der Waals surface area contributed by atoms with Gasteiger partial charge in [-0.1, -0.05) is 37.0 Å². The minimum absolute atomic E-state index is 0.290. The summed E-state index contributed by atoms with van der Waals surface area (Å²) in [5.74, 6) is -0.505. The number of hydrogen-bond acceptors (Lipinski definition) is 4. The summed E-state index contributed by atoms with van der Waals surface area (Å²) in [7, 11) is -1.34. The molecule has 0 spiro atoms. The third-order valence-electron chi connectivity index (χ3n) is 2.57. The van der Waals surface area contributed by atoms with Gasteiger partial charge in [0.15, 0.2) is 6.61 Å². The lowest BCUT2D eigenvalue weighted by atomic mass is 10.2. The summed E-state index contributed by atoms with van der Waals surface area (Å²) in [5.41, 5.74) is 0.479. The molecular formula is C14H21O4Si. The van der Waals surface area contributed by atoms with Crippen molar-refractivity contribution in [1.82, 2.24) is 0 Å². The van der Waals surface area contributed by atoms with Crippen LogP contribution < -0.4 is 5.19 Å². The van der Waals surface area contributed by atoms with Crippen LogP contribution in [0.15, 0.2) is 24.3 Å². The Morgan fingerprint density at radius 2 is 1.84 bits per heavy atom. The van der Waals surface area contributed by atoms with Gasteiger partial charge in [-0.05, 0) is 19.1 Å². The van der Waals surface area contributed by atoms with Gasteiger partial charge >= 0.3 is 5.97 Å². The molecule has 0 bridgehead atoms. The lowest BCUT2D eigenvalue weighted by molar-refractivity contribution is -0.218. The Hall–Kier alpha value is -1.17. The smallest absolute Gasteiger partial charge is 0.373 e. The van der Waals surface area contributed by atoms with Gasteiger partial charge in [0.2, 0.25) is 0 Å². The van der Waals surface area contributed by atoms with Gasteiger partial charge in [0.05, 0.1) is 20.2 Å². The number of benzene rings is 1. The number of carbonyl (C=O) groups excluding carboxylic acids is 1. The minimum atomic E-state index is -1.34. The van der Waals surface area contributed by atoms with E-state index >= 15 is 0 Å². The number of carbonyl (C=O) groups is 1. The van der Waals surface area contributed by atoms with Gasteiger partial charge < -0.3 is 4.74 Å². The molecule has 1 radical (unpaired) electrons. The summed E-state index contributed by atoms with van der Waals surface area (Å²) < 4.78 is 5.01. The van der Waals surface area contributed by atoms with Crippen molar-refractivity contribution in [2.45, 2.75) is 26.6 Å². The van der Waals surface area contributed by atoms with Gasteiger partial charge in [-0.25, -0.2) is 4.79 Å². The van der Waals surface area contributed by atoms with Crippen LogP contribution in [-0.4, -0.2) is 27.3 Å². The molecular weight excluding hydrogens is 260 g/mol. The summed E-state index contributed by atoms with van der Waals surface area (Å²) in [4.78, 5) is 20.9. The molecule has 0 fully saturated rings. The maximum Gasteiger partial charge on any atom is 0.373 e. The fourth-order valence-electron chi connectivity index (χ4n) is 1.43. The van der Waals surface area contributed by atoms with E-state index in [4.69, 9.17) is 4.74 Å². The second-order valence-corrected chi connectivity index (χ2v) is 10.2. The van der Waals surface area contributed by atoms with Gasteiger partial charge in [-0.2, -0.15) is 4.89 Å². The molecule has 4 nitrogen and oxygen atoms in total. The summed E-state index contributed by atoms with van der Waals surface area (Å²) in [6, 6.07) is 7.49. The van der Waals surface area contributed by atoms with E-state index in [1.165, 1.54) is 11.8 Å². The van der Waals surface area contributed by atoms with Crippen LogP contribution in [-0.2, 0) is 14.5 Å². The van der Waals surface area contributed by atoms with E-state index in [1.54, 1.807) is 12.1 Å². The lowest BCUT2D eigenvalue weighted by Crippen LogP contribution is -2.37. The zero-order valence-electron chi connectivity index (χ0n) is 11.9. The monoisotopic (exact) mass is 281 g/mol. The molecule has 0 N–H and O–H groups in total. The molecule has 0 amide bonds. The molecule has 1 rings (SSSR count). The molecule has 0 aliphatic rings. The third kappa shape index (κ3) is 5.55. The average molecular weight is 281 g/mol. The molecule has 0 saturated heterocycles. The van der Waals surface area contributed by atoms with Crippen LogP contribution >= 0.6 is 0 Å². The van der Waals surface area contributed by atoms with Crippen LogP contribution in [0, 0.1) is 6.61 Å². The normalized spacial score (nSPS) is 11.4. The summed E-state index contributed by atoms with van der Waals surface area (Å²) in [6.07, 6.45) is 0. The van der Waals surface area contributed by atoms with Gasteiger partial charge in [0.1, 0.15) is 0 Å². The van der Waals surface area contributed by atoms with E-state index in [9.17, 15) is 4.79 Å². The van der Waals surface area contributed by atoms with Crippen molar-refractivity contribution in [2.75, 3.05) is 13.2 Å². The molecule has 1 aromatic rings. The number of ether oxygens (including phenoxy) is 1. The fourth-order valence-corrected chi connectivity index (χ4v) is 2.59. The zero-order valence-corrected chi connectivity index (χ0v) is 12.9. The van der Waals surface area contributed by atoms with E-state index in [2.05, 4.69) is 29.4 Å². The van der Waals surface area contributed by atoms with E-state index in [0.29, 0.717) is 18.8 Å². The highest BCUT2D eigenvalue weighted by Crippen LogP contribution is 2.06. The van der Waals surface area contributed by atoms with Crippen LogP contribution in [0.25, 0.3) is 0 Å². The Kier molecular flexibility index (Phi) is 6.21. The quantitative estimate of drug-likeness (QED) is 0.333. The third-order valence-corrected chi connectivity index (χ3v) is 4.63. The van der Waals surface area contributed by atoms with Crippen molar-refractivity contribution >= 4 is 19.2 Å². The number of hydrogen-bond donors (Lipinski definition) is 0. The van der Waals surface area contributed by atoms with Crippen molar-refractivity contribution in [1.29, 1.82) is 0 Å². The Morgan fingerprint density at radius 1 is 1.21 bits per heavy atom. The second kappa shape index (κ2) is 7.42. The van der Waals surface area contributed by atoms with Gasteiger partial charge in [-0.15, -0.1) is 0 Å². The molecule has 0 aliphatic heterocycles. The topological polar surface area (TPSA) is 44.8 Å². The molecule has 0 aromatic heterocycles. The molecule has 1 aromatic carbocycles. The molecule has 0 aliphatic carbocycles. The first-order chi connectivity index (χ1) is 8.95. The van der Waals surface area contributed by atoms with Crippen molar-refractivity contribution in [2.24, 2.45) is 0 Å². The molecule has 0 atom stereocenters. The predicted molar refractivity (Wildman–Crippen MR) is 76.7 cm³/mol. The maximum atomic E-state index is 11.6. The molecule has 105 valence electrons. The predicted octanol–water partition coefficient (Wildman–Crippen LogP) is 2.52. The van der Waals surface area contributed by atoms with Crippen molar-refractivity contribution in [3.05, 3.63) is 36.4 Å². The average Bonchev–Trinajstić information content (AvgIpc) is 2.37. The molecule has 0 heterocycles. The van der Waals surface area contributed by atoms with E-state index in [0.717, 1.165) is 0 Å². The lowest BCUT2D eigenvalue weighted by Gasteiger charge is -2.16. The molecule has 0 saturated carbocycles. The van der Waals surface area contributed by atoms with Crippen LogP contribution in [0.1, 0.15) is 17.3 Å². The van der Waals surface area contributed by atoms with E-state index in [1.807, 2.05) is 19.1 Å². The summed E-state index contributed by atoms with van der Waals surface area (Å²) >= 11 is 0. The summed E-state index contributed by atoms with van der Waals surface area (Å²) in [6.45, 7) is 10.8. The maximum absolute atomic E-state index is 11.6. The van der Waals surface area contributed by atoms with Crippen LogP contribution in [0.2, 0.25) is 19.6 Å². The molecule has 0 unspecified atom stereocenters. The first kappa shape index (κ1) is 15.9. The standard InChI is InChI=1S/C14H21O4Si/c1-5-16-10-11-17-18-14(15)12-6-8-13(9-7-12)19(2,3)4/h6-9,11H,5,10H2,1-4H3. The van der Waals surface area contributed by atoms with E-state index < -0.39 is 14.0 Å². The second-order valence-electron chi connectivity index (χ2n) is 5.12. The van der Waals surface area contributed by atoms with Gasteiger partial charge in [0, 0.05) is 6.61 Å². The summed E-state index contributed by atoms with van der Waals surface area (Å²) in [5, 5.41) is 1.30. The largest absolute Gasteiger partial charge is 0.379 e. The number of rotatable bonds is 7. The Labute approximate surface area is 115 Å². The van der Waals surface area contributed by atoms with Crippen LogP contribution in [0.3, 0.4) is 0 Å². The highest BCUT2D eigenvalue weighted by Gasteiger charge is 2.17. The van der Waals surface area contributed by atoms with Crippen LogP contribution in [0.5, 0.6) is 0 Å². The first-order valence-corrected chi connectivity index (χ1v) is 9.82. The SMILES string of the molecule is CCOC[CH]OOC(=O)c1ccc([Si](C)(C)C)cc1. The fraction of sp³-hybridized carbons (Fsp3) is 0.429. The molecule has 19 heavy (non-hydrogen) atoms. The van der Waals surface area contributed by atoms with Crippen molar-refractivity contribution in [3.63, 3.8) is 0 Å². The van der Waals surface area contributed by atoms with Crippen molar-refractivity contribution in [3.8, 4) is 0 Å². The van der Waals surface area contributed by atoms with Gasteiger partial charge in [-0.3, -0.25) is 4.89 Å². The highest BCUT2D eigenvalue weighted by atomic mass is 28.3. The highest BCUT2D eigenvalue weighted by molar-refractivity contribution is 6.88. The minimum Gasteiger partial charge on any atom is -0.379 e. The molecule has 5 heteroatoms. The Morgan fingerprint density at radius 3 is 2.37 bits per heavy atom. The van der Waals surface area contributed by atoms with Crippen LogP contribution in [0.4, 0.5) is 0 Å². The van der Waals surface area contributed by atoms with Gasteiger partial charge in [0.25, 0.3) is 0 Å². The zero-order chi connectivity index (χ0) is 14.3.